The average molecular weight is 126 g/mol. The Balaban J connectivity index is 0.000000360. The summed E-state index contributed by atoms with van der Waals surface area (Å²) in [6.45, 7) is 2.40. The van der Waals surface area contributed by atoms with Crippen molar-refractivity contribution >= 4 is 12.4 Å². The molecule has 1 N–H and O–H groups in total. The van der Waals surface area contributed by atoms with Crippen molar-refractivity contribution in [3.63, 3.8) is 0 Å². The molecule has 1 fully saturated rings. The molecule has 1 aliphatic heterocycles. The number of alkyl halides is 1. The van der Waals surface area contributed by atoms with Gasteiger partial charge in [-0.05, 0) is 6.92 Å². The van der Waals surface area contributed by atoms with Gasteiger partial charge in [-0.15, -0.1) is 12.4 Å². The predicted molar refractivity (Wildman–Crippen MR) is 29.6 cm³/mol. The van der Waals surface area contributed by atoms with E-state index in [4.69, 9.17) is 0 Å². The van der Waals surface area contributed by atoms with Gasteiger partial charge in [-0.1, -0.05) is 0 Å². The Hall–Kier alpha value is 0.180. The molecule has 2 unspecified atom stereocenters. The highest BCUT2D eigenvalue weighted by Gasteiger charge is 2.24. The van der Waals surface area contributed by atoms with Crippen LogP contribution >= 0.6 is 12.4 Å². The first-order chi connectivity index (χ1) is 2.80. The van der Waals surface area contributed by atoms with E-state index in [1.807, 2.05) is 6.92 Å². The molecule has 0 aliphatic carbocycles. The smallest absolute Gasteiger partial charge is 0.127 e. The Kier molecular flexibility index (Phi) is 2.54. The Morgan fingerprint density at radius 1 is 1.71 bits per heavy atom. The lowest BCUT2D eigenvalue weighted by Crippen LogP contribution is -2.52. The highest BCUT2D eigenvalue weighted by molar-refractivity contribution is 5.85. The van der Waals surface area contributed by atoms with Gasteiger partial charge < -0.3 is 5.32 Å². The molecule has 0 aromatic rings. The lowest BCUT2D eigenvalue weighted by molar-refractivity contribution is 0.171. The second kappa shape index (κ2) is 2.48. The first kappa shape index (κ1) is 7.18. The van der Waals surface area contributed by atoms with Crippen LogP contribution in [0.1, 0.15) is 6.92 Å². The van der Waals surface area contributed by atoms with Gasteiger partial charge in [-0.25, -0.2) is 4.39 Å². The van der Waals surface area contributed by atoms with Crippen molar-refractivity contribution in [2.45, 2.75) is 19.1 Å². The molecular weight excluding hydrogens is 117 g/mol. The molecule has 44 valence electrons. The predicted octanol–water partition coefficient (Wildman–Crippen LogP) is 0.738. The van der Waals surface area contributed by atoms with Gasteiger partial charge >= 0.3 is 0 Å². The zero-order valence-corrected chi connectivity index (χ0v) is 4.96. The molecule has 0 spiro atoms. The maximum Gasteiger partial charge on any atom is 0.127 e. The Bertz CT molecular complexity index is 51.7. The summed E-state index contributed by atoms with van der Waals surface area (Å²) < 4.78 is 11.8. The third-order valence-electron chi connectivity index (χ3n) is 1.18. The van der Waals surface area contributed by atoms with Gasteiger partial charge in [0.15, 0.2) is 0 Å². The van der Waals surface area contributed by atoms with E-state index in [1.165, 1.54) is 0 Å². The molecule has 0 amide bonds. The molecule has 3 heteroatoms. The van der Waals surface area contributed by atoms with Crippen molar-refractivity contribution in [3.05, 3.63) is 0 Å². The molecule has 0 aromatic heterocycles. The summed E-state index contributed by atoms with van der Waals surface area (Å²) in [6, 6.07) is 0.116. The largest absolute Gasteiger partial charge is 0.308 e. The minimum atomic E-state index is -0.579. The minimum Gasteiger partial charge on any atom is -0.308 e. The summed E-state index contributed by atoms with van der Waals surface area (Å²) in [5.74, 6) is 0. The summed E-state index contributed by atoms with van der Waals surface area (Å²) in [5, 5.41) is 2.88. The summed E-state index contributed by atoms with van der Waals surface area (Å²) in [5.41, 5.74) is 0. The van der Waals surface area contributed by atoms with Crippen LogP contribution in [0.15, 0.2) is 0 Å². The van der Waals surface area contributed by atoms with Crippen LogP contribution in [0.4, 0.5) is 4.39 Å². The number of rotatable bonds is 0. The molecule has 1 rings (SSSR count). The second-order valence-electron chi connectivity index (χ2n) is 1.71. The standard InChI is InChI=1S/C4H8FN.ClH/c1-3-4(5)2-6-3;/h3-4,6H,2H2,1H3;1H. The Labute approximate surface area is 48.7 Å². The maximum absolute atomic E-state index is 11.8. The summed E-state index contributed by atoms with van der Waals surface area (Å²) >= 11 is 0. The van der Waals surface area contributed by atoms with Crippen LogP contribution in [0.3, 0.4) is 0 Å². The van der Waals surface area contributed by atoms with Crippen molar-refractivity contribution in [3.8, 4) is 0 Å². The molecule has 1 saturated heterocycles. The second-order valence-corrected chi connectivity index (χ2v) is 1.71. The van der Waals surface area contributed by atoms with Crippen molar-refractivity contribution < 1.29 is 4.39 Å². The molecule has 1 heterocycles. The number of hydrogen-bond donors (Lipinski definition) is 1. The number of hydrogen-bond acceptors (Lipinski definition) is 1. The van der Waals surface area contributed by atoms with Crippen LogP contribution in [0.25, 0.3) is 0 Å². The first-order valence-corrected chi connectivity index (χ1v) is 2.18. The van der Waals surface area contributed by atoms with E-state index in [0.29, 0.717) is 6.54 Å². The fourth-order valence-corrected chi connectivity index (χ4v) is 0.443. The van der Waals surface area contributed by atoms with Gasteiger partial charge in [0, 0.05) is 12.6 Å². The third kappa shape index (κ3) is 1.28. The van der Waals surface area contributed by atoms with Crippen molar-refractivity contribution in [1.29, 1.82) is 0 Å². The van der Waals surface area contributed by atoms with Crippen molar-refractivity contribution in [2.24, 2.45) is 0 Å². The van der Waals surface area contributed by atoms with Gasteiger partial charge in [0.25, 0.3) is 0 Å². The van der Waals surface area contributed by atoms with E-state index in [1.54, 1.807) is 0 Å². The van der Waals surface area contributed by atoms with Crippen LogP contribution in [0, 0.1) is 0 Å². The van der Waals surface area contributed by atoms with E-state index in [2.05, 4.69) is 5.32 Å². The zero-order chi connectivity index (χ0) is 4.57. The summed E-state index contributed by atoms with van der Waals surface area (Å²) in [4.78, 5) is 0. The van der Waals surface area contributed by atoms with Crippen molar-refractivity contribution in [2.75, 3.05) is 6.54 Å². The first-order valence-electron chi connectivity index (χ1n) is 2.18. The molecule has 0 saturated carbocycles. The SMILES string of the molecule is CC1NCC1F.Cl. The quantitative estimate of drug-likeness (QED) is 0.504. The highest BCUT2D eigenvalue weighted by atomic mass is 35.5. The van der Waals surface area contributed by atoms with Crippen LogP contribution < -0.4 is 5.32 Å². The topological polar surface area (TPSA) is 12.0 Å². The van der Waals surface area contributed by atoms with Gasteiger partial charge in [-0.2, -0.15) is 0 Å². The van der Waals surface area contributed by atoms with E-state index >= 15 is 0 Å². The van der Waals surface area contributed by atoms with E-state index in [9.17, 15) is 4.39 Å². The maximum atomic E-state index is 11.8. The van der Waals surface area contributed by atoms with E-state index < -0.39 is 6.17 Å². The monoisotopic (exact) mass is 125 g/mol. The van der Waals surface area contributed by atoms with Gasteiger partial charge in [0.1, 0.15) is 6.17 Å². The highest BCUT2D eigenvalue weighted by Crippen LogP contribution is 2.05. The minimum absolute atomic E-state index is 0. The van der Waals surface area contributed by atoms with Crippen LogP contribution in [0.2, 0.25) is 0 Å². The molecule has 0 aromatic carbocycles. The third-order valence-corrected chi connectivity index (χ3v) is 1.18. The van der Waals surface area contributed by atoms with Gasteiger partial charge in [0.2, 0.25) is 0 Å². The van der Waals surface area contributed by atoms with Crippen LogP contribution in [-0.2, 0) is 0 Å². The Morgan fingerprint density at radius 2 is 2.14 bits per heavy atom. The van der Waals surface area contributed by atoms with E-state index in [0.717, 1.165) is 0 Å². The lowest BCUT2D eigenvalue weighted by Gasteiger charge is -2.28. The molecule has 1 nitrogen and oxygen atoms in total. The van der Waals surface area contributed by atoms with Gasteiger partial charge in [0.05, 0.1) is 0 Å². The molecule has 0 radical (unpaired) electrons. The molecule has 0 bridgehead atoms. The Morgan fingerprint density at radius 3 is 2.14 bits per heavy atom. The van der Waals surface area contributed by atoms with Gasteiger partial charge in [-0.3, -0.25) is 0 Å². The lowest BCUT2D eigenvalue weighted by atomic mass is 10.1. The fourth-order valence-electron chi connectivity index (χ4n) is 0.443. The molecule has 1 aliphatic rings. The van der Waals surface area contributed by atoms with Crippen molar-refractivity contribution in [1.82, 2.24) is 5.32 Å². The zero-order valence-electron chi connectivity index (χ0n) is 4.15. The number of halogens is 2. The van der Waals surface area contributed by atoms with Crippen LogP contribution in [0.5, 0.6) is 0 Å². The normalized spacial score (nSPS) is 38.6. The molecule has 2 atom stereocenters. The fraction of sp³-hybridized carbons (Fsp3) is 1.00. The number of nitrogens with one attached hydrogen (secondary N) is 1. The molecular formula is C4H9ClFN. The molecule has 7 heavy (non-hydrogen) atoms. The summed E-state index contributed by atoms with van der Waals surface area (Å²) in [7, 11) is 0. The van der Waals surface area contributed by atoms with E-state index in [-0.39, 0.29) is 18.4 Å². The summed E-state index contributed by atoms with van der Waals surface area (Å²) in [6.07, 6.45) is -0.579. The van der Waals surface area contributed by atoms with Crippen LogP contribution in [-0.4, -0.2) is 18.8 Å². The average Bonchev–Trinajstić information content (AvgIpc) is 1.61.